The first kappa shape index (κ1) is 20.5. The molecule has 3 aromatic carbocycles. The Morgan fingerprint density at radius 1 is 0.742 bits per heavy atom. The van der Waals surface area contributed by atoms with E-state index in [0.29, 0.717) is 6.54 Å². The second-order valence-electron chi connectivity index (χ2n) is 8.01. The van der Waals surface area contributed by atoms with E-state index in [2.05, 4.69) is 37.2 Å². The quantitative estimate of drug-likeness (QED) is 0.461. The Kier molecular flexibility index (Phi) is 4.83. The fraction of sp³-hybridized carbons (Fsp3) is 0.200. The third kappa shape index (κ3) is 2.77. The Morgan fingerprint density at radius 3 is 1.61 bits per heavy atom. The molecule has 0 fully saturated rings. The van der Waals surface area contributed by atoms with Gasteiger partial charge in [-0.05, 0) is 27.8 Å². The van der Waals surface area contributed by atoms with Crippen LogP contribution >= 0.6 is 31.9 Å². The summed E-state index contributed by atoms with van der Waals surface area (Å²) < 4.78 is -1.95. The maximum atomic E-state index is 13.6. The van der Waals surface area contributed by atoms with Gasteiger partial charge in [0, 0.05) is 6.54 Å². The van der Waals surface area contributed by atoms with E-state index in [0.717, 1.165) is 27.8 Å². The van der Waals surface area contributed by atoms with E-state index in [1.165, 1.54) is 0 Å². The lowest BCUT2D eigenvalue weighted by Gasteiger charge is -2.57. The van der Waals surface area contributed by atoms with E-state index in [1.807, 2.05) is 78.9 Å². The number of hydrogen-bond acceptors (Lipinski definition) is 2. The van der Waals surface area contributed by atoms with Crippen LogP contribution in [-0.2, 0) is 24.8 Å². The van der Waals surface area contributed by atoms with Crippen LogP contribution in [0.25, 0.3) is 0 Å². The van der Waals surface area contributed by atoms with Crippen molar-refractivity contribution in [3.8, 4) is 0 Å². The van der Waals surface area contributed by atoms with Crippen molar-refractivity contribution in [1.82, 2.24) is 5.32 Å². The first-order valence-electron chi connectivity index (χ1n) is 10.0. The molecule has 4 nitrogen and oxygen atoms in total. The highest BCUT2D eigenvalue weighted by Crippen LogP contribution is 2.68. The molecule has 0 saturated heterocycles. The number of amides is 1. The summed E-state index contributed by atoms with van der Waals surface area (Å²) in [5, 5.41) is 13.4. The molecule has 3 aromatic rings. The molecule has 0 spiro atoms. The highest BCUT2D eigenvalue weighted by molar-refractivity contribution is 9.10. The highest BCUT2D eigenvalue weighted by atomic mass is 79.9. The lowest BCUT2D eigenvalue weighted by atomic mass is 9.53. The van der Waals surface area contributed by atoms with Gasteiger partial charge < -0.3 is 10.4 Å². The third-order valence-corrected chi connectivity index (χ3v) is 9.17. The van der Waals surface area contributed by atoms with Gasteiger partial charge in [0.1, 0.15) is 0 Å². The summed E-state index contributed by atoms with van der Waals surface area (Å²) in [7, 11) is 0. The van der Waals surface area contributed by atoms with E-state index in [9.17, 15) is 14.7 Å². The molecular formula is C25H19Br2NO3. The van der Waals surface area contributed by atoms with Gasteiger partial charge in [-0.2, -0.15) is 0 Å². The summed E-state index contributed by atoms with van der Waals surface area (Å²) >= 11 is 7.76. The Morgan fingerprint density at radius 2 is 1.16 bits per heavy atom. The van der Waals surface area contributed by atoms with Crippen molar-refractivity contribution in [1.29, 1.82) is 0 Å². The molecule has 3 aliphatic rings. The largest absolute Gasteiger partial charge is 0.481 e. The van der Waals surface area contributed by atoms with Crippen LogP contribution in [-0.4, -0.2) is 17.0 Å². The minimum atomic E-state index is -1.01. The zero-order chi connectivity index (χ0) is 21.8. The van der Waals surface area contributed by atoms with Crippen LogP contribution in [0.4, 0.5) is 0 Å². The minimum absolute atomic E-state index is 0.291. The number of benzene rings is 3. The van der Waals surface area contributed by atoms with Crippen molar-refractivity contribution in [3.05, 3.63) is 107 Å². The van der Waals surface area contributed by atoms with Crippen molar-refractivity contribution in [2.45, 2.75) is 15.2 Å². The fourth-order valence-electron chi connectivity index (χ4n) is 5.19. The van der Waals surface area contributed by atoms with Gasteiger partial charge in [-0.15, -0.1) is 0 Å². The molecule has 6 heteroatoms. The maximum absolute atomic E-state index is 13.6. The number of fused-ring (bicyclic) bond motifs is 1. The van der Waals surface area contributed by atoms with Gasteiger partial charge >= 0.3 is 5.97 Å². The number of rotatable bonds is 4. The van der Waals surface area contributed by atoms with Gasteiger partial charge in [0.15, 0.2) is 0 Å². The zero-order valence-corrected chi connectivity index (χ0v) is 19.6. The van der Waals surface area contributed by atoms with E-state index >= 15 is 0 Å². The second-order valence-corrected chi connectivity index (χ2v) is 10.5. The van der Waals surface area contributed by atoms with Crippen molar-refractivity contribution < 1.29 is 14.7 Å². The molecule has 31 heavy (non-hydrogen) atoms. The Bertz CT molecular complexity index is 1150. The van der Waals surface area contributed by atoms with Crippen LogP contribution in [0.15, 0.2) is 78.9 Å². The number of carboxylic acids is 1. The van der Waals surface area contributed by atoms with Gasteiger partial charge in [-0.25, -0.2) is 0 Å². The average Bonchev–Trinajstić information content (AvgIpc) is 2.79. The third-order valence-electron chi connectivity index (χ3n) is 6.47. The SMILES string of the molecule is O=C(O)[C@H]1[C@H](C(=O)NCc2ccccc2)C2(Br)c3ccccc3C1(Br)c1ccccc12. The molecule has 156 valence electrons. The Labute approximate surface area is 196 Å². The van der Waals surface area contributed by atoms with E-state index in [1.54, 1.807) is 0 Å². The predicted molar refractivity (Wildman–Crippen MR) is 125 cm³/mol. The molecule has 0 heterocycles. The van der Waals surface area contributed by atoms with Gasteiger partial charge in [-0.3, -0.25) is 9.59 Å². The number of carbonyl (C=O) groups is 2. The average molecular weight is 541 g/mol. The molecule has 1 amide bonds. The van der Waals surface area contributed by atoms with Crippen LogP contribution in [0.3, 0.4) is 0 Å². The molecule has 0 aliphatic heterocycles. The van der Waals surface area contributed by atoms with Crippen LogP contribution < -0.4 is 5.32 Å². The van der Waals surface area contributed by atoms with Gasteiger partial charge in [-0.1, -0.05) is 111 Å². The van der Waals surface area contributed by atoms with Gasteiger partial charge in [0.25, 0.3) is 0 Å². The summed E-state index contributed by atoms with van der Waals surface area (Å²) in [5.41, 5.74) is 4.56. The number of halogens is 2. The summed E-state index contributed by atoms with van der Waals surface area (Å²) in [4.78, 5) is 26.3. The number of hydrogen-bond donors (Lipinski definition) is 2. The minimum Gasteiger partial charge on any atom is -0.481 e. The molecule has 0 unspecified atom stereocenters. The number of carboxylic acid groups (broad SMARTS) is 1. The van der Waals surface area contributed by atoms with E-state index in [-0.39, 0.29) is 5.91 Å². The molecule has 2 atom stereocenters. The van der Waals surface area contributed by atoms with Crippen LogP contribution in [0, 0.1) is 11.8 Å². The summed E-state index contributed by atoms with van der Waals surface area (Å²) in [6, 6.07) is 25.1. The smallest absolute Gasteiger partial charge is 0.309 e. The zero-order valence-electron chi connectivity index (χ0n) is 16.4. The Hall–Kier alpha value is -2.44. The van der Waals surface area contributed by atoms with Crippen molar-refractivity contribution in [2.24, 2.45) is 11.8 Å². The molecule has 0 aromatic heterocycles. The molecule has 0 radical (unpaired) electrons. The topological polar surface area (TPSA) is 66.4 Å². The summed E-state index contributed by atoms with van der Waals surface area (Å²) in [5.74, 6) is -3.14. The molecular weight excluding hydrogens is 522 g/mol. The molecule has 6 rings (SSSR count). The first-order valence-corrected chi connectivity index (χ1v) is 11.6. The van der Waals surface area contributed by atoms with E-state index in [4.69, 9.17) is 0 Å². The normalized spacial score (nSPS) is 27.8. The summed E-state index contributed by atoms with van der Waals surface area (Å²) in [6.45, 7) is 0.337. The monoisotopic (exact) mass is 539 g/mol. The van der Waals surface area contributed by atoms with Crippen LogP contribution in [0.2, 0.25) is 0 Å². The van der Waals surface area contributed by atoms with Crippen LogP contribution in [0.5, 0.6) is 0 Å². The van der Waals surface area contributed by atoms with Crippen LogP contribution in [0.1, 0.15) is 27.8 Å². The number of carbonyl (C=O) groups excluding carboxylic acids is 1. The number of nitrogens with one attached hydrogen (secondary N) is 1. The van der Waals surface area contributed by atoms with Gasteiger partial charge in [0.05, 0.1) is 20.5 Å². The number of alkyl halides is 2. The first-order chi connectivity index (χ1) is 14.9. The molecule has 2 bridgehead atoms. The predicted octanol–water partition coefficient (Wildman–Crippen LogP) is 4.92. The maximum Gasteiger partial charge on any atom is 0.309 e. The Balaban J connectivity index is 1.69. The van der Waals surface area contributed by atoms with Crippen molar-refractivity contribution in [2.75, 3.05) is 0 Å². The molecule has 2 N–H and O–H groups in total. The second kappa shape index (κ2) is 7.31. The lowest BCUT2D eigenvalue weighted by molar-refractivity contribution is -0.150. The highest BCUT2D eigenvalue weighted by Gasteiger charge is 2.68. The van der Waals surface area contributed by atoms with Crippen molar-refractivity contribution >= 4 is 43.7 Å². The standard InChI is InChI=1S/C25H19Br2NO3/c26-24-16-10-4-6-12-18(16)25(27,19-13-7-5-11-17(19)24)21(23(30)31)20(24)22(29)28-14-15-8-2-1-3-9-15/h1-13,20-21H,14H2,(H,28,29)(H,30,31)/t20-,21-,24?,25?/m1/s1. The molecule has 0 saturated carbocycles. The fourth-order valence-corrected chi connectivity index (χ4v) is 7.51. The lowest BCUT2D eigenvalue weighted by Crippen LogP contribution is -2.61. The number of aliphatic carboxylic acids is 1. The van der Waals surface area contributed by atoms with Gasteiger partial charge in [0.2, 0.25) is 5.91 Å². The van der Waals surface area contributed by atoms with E-state index < -0.39 is 26.5 Å². The van der Waals surface area contributed by atoms with Crippen molar-refractivity contribution in [3.63, 3.8) is 0 Å². The molecule has 3 aliphatic carbocycles. The summed E-state index contributed by atoms with van der Waals surface area (Å²) in [6.07, 6.45) is 0.